The highest BCUT2D eigenvalue weighted by Gasteiger charge is 2.11. The van der Waals surface area contributed by atoms with E-state index in [0.717, 1.165) is 41.1 Å². The first-order valence-corrected chi connectivity index (χ1v) is 7.93. The molecule has 116 valence electrons. The standard InChI is InChI=1S/C17H17BrN2O.ClH/c1-2-3-8-21-16-11-12-4-5-14(18)9-13(12)10-15(16)17-19-6-7-20-17;/h4-7,9-11H,2-3,8H2,1H3,(H,19,20);1H. The fourth-order valence-corrected chi connectivity index (χ4v) is 2.67. The number of benzene rings is 2. The van der Waals surface area contributed by atoms with Gasteiger partial charge in [0, 0.05) is 16.9 Å². The van der Waals surface area contributed by atoms with Crippen LogP contribution in [0, 0.1) is 0 Å². The lowest BCUT2D eigenvalue weighted by atomic mass is 10.1. The Labute approximate surface area is 144 Å². The summed E-state index contributed by atoms with van der Waals surface area (Å²) in [5, 5.41) is 2.33. The minimum absolute atomic E-state index is 0. The molecule has 0 fully saturated rings. The second-order valence-corrected chi connectivity index (χ2v) is 5.90. The largest absolute Gasteiger partial charge is 0.493 e. The quantitative estimate of drug-likeness (QED) is 0.585. The minimum Gasteiger partial charge on any atom is -0.493 e. The maximum absolute atomic E-state index is 5.97. The first-order chi connectivity index (χ1) is 10.3. The van der Waals surface area contributed by atoms with E-state index in [9.17, 15) is 0 Å². The van der Waals surface area contributed by atoms with Gasteiger partial charge in [-0.1, -0.05) is 35.3 Å². The zero-order chi connectivity index (χ0) is 14.7. The van der Waals surface area contributed by atoms with Gasteiger partial charge in [0.05, 0.1) is 12.2 Å². The molecule has 0 aliphatic rings. The first kappa shape index (κ1) is 16.8. The number of ether oxygens (including phenoxy) is 1. The predicted molar refractivity (Wildman–Crippen MR) is 96.9 cm³/mol. The van der Waals surface area contributed by atoms with Gasteiger partial charge in [0.1, 0.15) is 11.6 Å². The molecule has 3 nitrogen and oxygen atoms in total. The average Bonchev–Trinajstić information content (AvgIpc) is 3.01. The molecular formula is C17H18BrClN2O. The number of aromatic nitrogens is 2. The Hall–Kier alpha value is -1.52. The van der Waals surface area contributed by atoms with Crippen LogP contribution in [0.4, 0.5) is 0 Å². The van der Waals surface area contributed by atoms with Crippen LogP contribution in [0.3, 0.4) is 0 Å². The van der Waals surface area contributed by atoms with Gasteiger partial charge < -0.3 is 9.72 Å². The van der Waals surface area contributed by atoms with Gasteiger partial charge in [-0.05, 0) is 41.5 Å². The number of fused-ring (bicyclic) bond motifs is 1. The van der Waals surface area contributed by atoms with Crippen LogP contribution in [0.25, 0.3) is 22.2 Å². The van der Waals surface area contributed by atoms with E-state index in [1.165, 1.54) is 10.8 Å². The van der Waals surface area contributed by atoms with Gasteiger partial charge in [-0.3, -0.25) is 0 Å². The Balaban J connectivity index is 0.00000176. The molecule has 0 saturated heterocycles. The van der Waals surface area contributed by atoms with E-state index in [2.05, 4.69) is 57.1 Å². The van der Waals surface area contributed by atoms with Gasteiger partial charge in [-0.2, -0.15) is 0 Å². The molecule has 0 spiro atoms. The van der Waals surface area contributed by atoms with Crippen molar-refractivity contribution in [1.29, 1.82) is 0 Å². The number of hydrogen-bond acceptors (Lipinski definition) is 2. The van der Waals surface area contributed by atoms with E-state index >= 15 is 0 Å². The minimum atomic E-state index is 0. The summed E-state index contributed by atoms with van der Waals surface area (Å²) in [7, 11) is 0. The molecule has 0 saturated carbocycles. The first-order valence-electron chi connectivity index (χ1n) is 7.14. The molecule has 1 N–H and O–H groups in total. The molecule has 5 heteroatoms. The molecule has 3 aromatic rings. The molecule has 3 rings (SSSR count). The molecule has 2 aromatic carbocycles. The molecule has 0 radical (unpaired) electrons. The summed E-state index contributed by atoms with van der Waals surface area (Å²) >= 11 is 3.52. The number of hydrogen-bond donors (Lipinski definition) is 1. The summed E-state index contributed by atoms with van der Waals surface area (Å²) in [5.41, 5.74) is 1.00. The van der Waals surface area contributed by atoms with Crippen LogP contribution in [0.15, 0.2) is 47.2 Å². The summed E-state index contributed by atoms with van der Waals surface area (Å²) in [6.07, 6.45) is 5.76. The summed E-state index contributed by atoms with van der Waals surface area (Å²) < 4.78 is 7.04. The molecule has 1 aromatic heterocycles. The SMILES string of the molecule is CCCCOc1cc2ccc(Br)cc2cc1-c1ncc[nH]1.Cl. The zero-order valence-corrected chi connectivity index (χ0v) is 14.7. The molecule has 22 heavy (non-hydrogen) atoms. The topological polar surface area (TPSA) is 37.9 Å². The van der Waals surface area contributed by atoms with Crippen molar-refractivity contribution in [2.75, 3.05) is 6.61 Å². The van der Waals surface area contributed by atoms with Crippen LogP contribution in [0.1, 0.15) is 19.8 Å². The van der Waals surface area contributed by atoms with Crippen molar-refractivity contribution in [2.24, 2.45) is 0 Å². The van der Waals surface area contributed by atoms with Gasteiger partial charge in [0.15, 0.2) is 0 Å². The molecule has 0 aliphatic carbocycles. The van der Waals surface area contributed by atoms with Crippen LogP contribution < -0.4 is 4.74 Å². The van der Waals surface area contributed by atoms with Crippen molar-refractivity contribution in [1.82, 2.24) is 9.97 Å². The summed E-state index contributed by atoms with van der Waals surface area (Å²) in [4.78, 5) is 7.52. The molecule has 0 atom stereocenters. The zero-order valence-electron chi connectivity index (χ0n) is 12.3. The Kier molecular flexibility index (Phi) is 5.86. The van der Waals surface area contributed by atoms with Crippen LogP contribution in [-0.2, 0) is 0 Å². The summed E-state index contributed by atoms with van der Waals surface area (Å²) in [6, 6.07) is 10.5. The van der Waals surface area contributed by atoms with E-state index in [1.807, 2.05) is 12.3 Å². The van der Waals surface area contributed by atoms with Crippen LogP contribution >= 0.6 is 28.3 Å². The van der Waals surface area contributed by atoms with E-state index in [0.29, 0.717) is 0 Å². The normalized spacial score (nSPS) is 10.5. The van der Waals surface area contributed by atoms with E-state index in [4.69, 9.17) is 4.74 Å². The number of halogens is 2. The fraction of sp³-hybridized carbons (Fsp3) is 0.235. The molecule has 1 heterocycles. The van der Waals surface area contributed by atoms with Crippen molar-refractivity contribution < 1.29 is 4.74 Å². The van der Waals surface area contributed by atoms with Crippen molar-refractivity contribution in [3.63, 3.8) is 0 Å². The van der Waals surface area contributed by atoms with Gasteiger partial charge in [-0.15, -0.1) is 12.4 Å². The van der Waals surface area contributed by atoms with Crippen molar-refractivity contribution in [3.05, 3.63) is 47.2 Å². The van der Waals surface area contributed by atoms with Gasteiger partial charge in [-0.25, -0.2) is 4.98 Å². The highest BCUT2D eigenvalue weighted by molar-refractivity contribution is 9.10. The Morgan fingerprint density at radius 1 is 1.18 bits per heavy atom. The second-order valence-electron chi connectivity index (χ2n) is 4.98. The maximum Gasteiger partial charge on any atom is 0.141 e. The Morgan fingerprint density at radius 3 is 2.77 bits per heavy atom. The molecule has 0 bridgehead atoms. The monoisotopic (exact) mass is 380 g/mol. The lowest BCUT2D eigenvalue weighted by Crippen LogP contribution is -1.99. The number of imidazole rings is 1. The Bertz CT molecular complexity index is 744. The number of nitrogens with zero attached hydrogens (tertiary/aromatic N) is 1. The smallest absolute Gasteiger partial charge is 0.141 e. The Morgan fingerprint density at radius 2 is 2.05 bits per heavy atom. The highest BCUT2D eigenvalue weighted by atomic mass is 79.9. The lowest BCUT2D eigenvalue weighted by molar-refractivity contribution is 0.311. The number of aromatic amines is 1. The number of H-pyrrole nitrogens is 1. The summed E-state index contributed by atoms with van der Waals surface area (Å²) in [5.74, 6) is 1.72. The third-order valence-electron chi connectivity index (χ3n) is 3.41. The third-order valence-corrected chi connectivity index (χ3v) is 3.90. The van der Waals surface area contributed by atoms with E-state index in [-0.39, 0.29) is 12.4 Å². The fourth-order valence-electron chi connectivity index (χ4n) is 2.29. The molecule has 0 amide bonds. The summed E-state index contributed by atoms with van der Waals surface area (Å²) in [6.45, 7) is 2.89. The predicted octanol–water partition coefficient (Wildman–Crippen LogP) is 5.59. The molecule has 0 unspecified atom stereocenters. The van der Waals surface area contributed by atoms with Crippen LogP contribution in [0.5, 0.6) is 5.75 Å². The number of nitrogens with one attached hydrogen (secondary N) is 1. The van der Waals surface area contributed by atoms with Crippen molar-refractivity contribution in [3.8, 4) is 17.1 Å². The van der Waals surface area contributed by atoms with Gasteiger partial charge in [0.2, 0.25) is 0 Å². The third kappa shape index (κ3) is 3.62. The molecule has 0 aliphatic heterocycles. The van der Waals surface area contributed by atoms with Gasteiger partial charge >= 0.3 is 0 Å². The van der Waals surface area contributed by atoms with E-state index < -0.39 is 0 Å². The van der Waals surface area contributed by atoms with E-state index in [1.54, 1.807) is 6.20 Å². The second kappa shape index (κ2) is 7.65. The number of unbranched alkanes of at least 4 members (excludes halogenated alkanes) is 1. The lowest BCUT2D eigenvalue weighted by Gasteiger charge is -2.12. The molecular weight excluding hydrogens is 364 g/mol. The van der Waals surface area contributed by atoms with Crippen molar-refractivity contribution in [2.45, 2.75) is 19.8 Å². The van der Waals surface area contributed by atoms with Gasteiger partial charge in [0.25, 0.3) is 0 Å². The van der Waals surface area contributed by atoms with Crippen LogP contribution in [0.2, 0.25) is 0 Å². The highest BCUT2D eigenvalue weighted by Crippen LogP contribution is 2.33. The maximum atomic E-state index is 5.97. The van der Waals surface area contributed by atoms with Crippen LogP contribution in [-0.4, -0.2) is 16.6 Å². The average molecular weight is 382 g/mol. The van der Waals surface area contributed by atoms with Crippen molar-refractivity contribution >= 4 is 39.1 Å². The number of rotatable bonds is 5.